The number of aromatic nitrogens is 2. The Kier molecular flexibility index (Phi) is 5.30. The van der Waals surface area contributed by atoms with Gasteiger partial charge in [-0.2, -0.15) is 0 Å². The molecule has 2 aromatic carbocycles. The van der Waals surface area contributed by atoms with Crippen molar-refractivity contribution in [1.29, 1.82) is 0 Å². The molecule has 0 radical (unpaired) electrons. The van der Waals surface area contributed by atoms with E-state index in [0.29, 0.717) is 22.3 Å². The number of anilines is 2. The molecule has 3 aromatic rings. The number of carbonyl (C=O) groups is 2. The molecule has 7 heteroatoms. The van der Waals surface area contributed by atoms with Crippen LogP contribution in [0.4, 0.5) is 11.4 Å². The summed E-state index contributed by atoms with van der Waals surface area (Å²) < 4.78 is 1.42. The van der Waals surface area contributed by atoms with Crippen molar-refractivity contribution in [1.82, 2.24) is 9.55 Å². The minimum atomic E-state index is -0.257. The first-order valence-electron chi connectivity index (χ1n) is 8.56. The van der Waals surface area contributed by atoms with Crippen LogP contribution in [0.25, 0.3) is 10.9 Å². The number of aryl methyl sites for hydroxylation is 2. The molecule has 7 nitrogen and oxygen atoms in total. The summed E-state index contributed by atoms with van der Waals surface area (Å²) in [6.45, 7) is 3.52. The third-order valence-corrected chi connectivity index (χ3v) is 4.07. The summed E-state index contributed by atoms with van der Waals surface area (Å²) in [5, 5.41) is 6.00. The van der Waals surface area contributed by atoms with Crippen molar-refractivity contribution in [3.8, 4) is 0 Å². The van der Waals surface area contributed by atoms with Crippen molar-refractivity contribution in [2.45, 2.75) is 26.8 Å². The highest BCUT2D eigenvalue weighted by molar-refractivity contribution is 5.99. The van der Waals surface area contributed by atoms with Gasteiger partial charge < -0.3 is 10.6 Å². The molecule has 138 valence electrons. The van der Waals surface area contributed by atoms with Crippen molar-refractivity contribution < 1.29 is 9.59 Å². The van der Waals surface area contributed by atoms with E-state index in [9.17, 15) is 14.4 Å². The van der Waals surface area contributed by atoms with Crippen LogP contribution < -0.4 is 16.2 Å². The second-order valence-corrected chi connectivity index (χ2v) is 6.29. The highest BCUT2D eigenvalue weighted by Crippen LogP contribution is 2.23. The molecule has 2 amide bonds. The molecule has 0 fully saturated rings. The van der Waals surface area contributed by atoms with E-state index in [1.807, 2.05) is 19.1 Å². The van der Waals surface area contributed by atoms with Crippen LogP contribution in [0.5, 0.6) is 0 Å². The molecular weight excluding hydrogens is 344 g/mol. The maximum atomic E-state index is 12.5. The van der Waals surface area contributed by atoms with Gasteiger partial charge in [-0.3, -0.25) is 19.0 Å². The van der Waals surface area contributed by atoms with E-state index in [0.717, 1.165) is 5.56 Å². The number of rotatable bonds is 5. The van der Waals surface area contributed by atoms with Gasteiger partial charge in [-0.1, -0.05) is 18.2 Å². The molecule has 0 unspecified atom stereocenters. The van der Waals surface area contributed by atoms with Crippen LogP contribution in [-0.2, 0) is 16.1 Å². The van der Waals surface area contributed by atoms with Crippen LogP contribution >= 0.6 is 0 Å². The van der Waals surface area contributed by atoms with Crippen molar-refractivity contribution >= 4 is 34.1 Å². The van der Waals surface area contributed by atoms with E-state index >= 15 is 0 Å². The fourth-order valence-corrected chi connectivity index (χ4v) is 2.76. The van der Waals surface area contributed by atoms with Gasteiger partial charge in [0.15, 0.2) is 0 Å². The molecule has 0 aliphatic rings. The van der Waals surface area contributed by atoms with Crippen molar-refractivity contribution in [3.05, 3.63) is 64.7 Å². The number of nitrogens with zero attached hydrogens (tertiary/aromatic N) is 2. The summed E-state index contributed by atoms with van der Waals surface area (Å²) in [6, 6.07) is 12.5. The second-order valence-electron chi connectivity index (χ2n) is 6.29. The largest absolute Gasteiger partial charge is 0.325 e. The monoisotopic (exact) mass is 364 g/mol. The summed E-state index contributed by atoms with van der Waals surface area (Å²) >= 11 is 0. The fourth-order valence-electron chi connectivity index (χ4n) is 2.76. The Morgan fingerprint density at radius 2 is 1.85 bits per heavy atom. The zero-order valence-electron chi connectivity index (χ0n) is 15.2. The third-order valence-electron chi connectivity index (χ3n) is 4.07. The molecule has 0 aliphatic heterocycles. The number of nitrogens with one attached hydrogen (secondary N) is 2. The maximum absolute atomic E-state index is 12.5. The summed E-state index contributed by atoms with van der Waals surface area (Å²) in [4.78, 5) is 40.4. The van der Waals surface area contributed by atoms with Crippen molar-refractivity contribution in [3.63, 3.8) is 0 Å². The van der Waals surface area contributed by atoms with Gasteiger partial charge in [-0.25, -0.2) is 4.98 Å². The molecule has 27 heavy (non-hydrogen) atoms. The average Bonchev–Trinajstić information content (AvgIpc) is 2.63. The van der Waals surface area contributed by atoms with E-state index in [4.69, 9.17) is 0 Å². The number of para-hydroxylation sites is 1. The summed E-state index contributed by atoms with van der Waals surface area (Å²) in [6.07, 6.45) is 1.56. The zero-order valence-corrected chi connectivity index (χ0v) is 15.2. The van der Waals surface area contributed by atoms with Gasteiger partial charge in [0.1, 0.15) is 0 Å². The first-order valence-corrected chi connectivity index (χ1v) is 8.56. The van der Waals surface area contributed by atoms with Gasteiger partial charge in [0, 0.05) is 19.9 Å². The lowest BCUT2D eigenvalue weighted by Crippen LogP contribution is -2.24. The molecule has 1 heterocycles. The normalized spacial score (nSPS) is 10.6. The van der Waals surface area contributed by atoms with Gasteiger partial charge in [0.25, 0.3) is 5.56 Å². The van der Waals surface area contributed by atoms with Crippen LogP contribution in [0.15, 0.2) is 53.6 Å². The number of hydrogen-bond donors (Lipinski definition) is 2. The molecule has 0 atom stereocenters. The lowest BCUT2D eigenvalue weighted by atomic mass is 10.2. The summed E-state index contributed by atoms with van der Waals surface area (Å²) in [5.74, 6) is -0.476. The van der Waals surface area contributed by atoms with Gasteiger partial charge in [0.2, 0.25) is 11.8 Å². The molecule has 0 saturated carbocycles. The smallest absolute Gasteiger partial charge is 0.261 e. The highest BCUT2D eigenvalue weighted by atomic mass is 16.2. The fraction of sp³-hybridized carbons (Fsp3) is 0.200. The predicted octanol–water partition coefficient (Wildman–Crippen LogP) is 2.69. The van der Waals surface area contributed by atoms with E-state index < -0.39 is 0 Å². The van der Waals surface area contributed by atoms with Gasteiger partial charge in [-0.05, 0) is 36.8 Å². The number of benzene rings is 2. The Morgan fingerprint density at radius 1 is 1.07 bits per heavy atom. The topological polar surface area (TPSA) is 93.1 Å². The Hall–Kier alpha value is -3.48. The SMILES string of the molecule is CC(=O)Nc1ccc(C)cc1NC(=O)CCn1cnc2ccccc2c1=O. The second kappa shape index (κ2) is 7.82. The van der Waals surface area contributed by atoms with Crippen LogP contribution in [-0.4, -0.2) is 21.4 Å². The standard InChI is InChI=1S/C20H20N4O3/c1-13-7-8-17(22-14(2)25)18(11-13)23-19(26)9-10-24-12-21-16-6-4-3-5-15(16)20(24)27/h3-8,11-12H,9-10H2,1-2H3,(H,22,25)(H,23,26). The van der Waals surface area contributed by atoms with Crippen LogP contribution in [0, 0.1) is 6.92 Å². The molecule has 1 aromatic heterocycles. The Balaban J connectivity index is 1.72. The highest BCUT2D eigenvalue weighted by Gasteiger charge is 2.10. The lowest BCUT2D eigenvalue weighted by molar-refractivity contribution is -0.116. The third kappa shape index (κ3) is 4.38. The molecule has 2 N–H and O–H groups in total. The van der Waals surface area contributed by atoms with Crippen LogP contribution in [0.3, 0.4) is 0 Å². The van der Waals surface area contributed by atoms with Crippen molar-refractivity contribution in [2.24, 2.45) is 0 Å². The predicted molar refractivity (Wildman–Crippen MR) is 105 cm³/mol. The van der Waals surface area contributed by atoms with Crippen LogP contribution in [0.2, 0.25) is 0 Å². The number of amides is 2. The summed E-state index contributed by atoms with van der Waals surface area (Å²) in [7, 11) is 0. The molecule has 0 aliphatic carbocycles. The number of carbonyl (C=O) groups excluding carboxylic acids is 2. The minimum absolute atomic E-state index is 0.105. The van der Waals surface area contributed by atoms with E-state index in [2.05, 4.69) is 15.6 Å². The number of fused-ring (bicyclic) bond motifs is 1. The Morgan fingerprint density at radius 3 is 2.63 bits per heavy atom. The Labute approximate surface area is 156 Å². The minimum Gasteiger partial charge on any atom is -0.325 e. The molecule has 0 bridgehead atoms. The number of hydrogen-bond acceptors (Lipinski definition) is 4. The molecule has 0 saturated heterocycles. The van der Waals surface area contributed by atoms with Crippen molar-refractivity contribution in [2.75, 3.05) is 10.6 Å². The first-order chi connectivity index (χ1) is 12.9. The maximum Gasteiger partial charge on any atom is 0.261 e. The van der Waals surface area contributed by atoms with E-state index in [-0.39, 0.29) is 30.3 Å². The van der Waals surface area contributed by atoms with E-state index in [1.54, 1.807) is 30.3 Å². The Bertz CT molecular complexity index is 1070. The van der Waals surface area contributed by atoms with Gasteiger partial charge >= 0.3 is 0 Å². The quantitative estimate of drug-likeness (QED) is 0.728. The van der Waals surface area contributed by atoms with E-state index in [1.165, 1.54) is 17.8 Å². The van der Waals surface area contributed by atoms with Crippen LogP contribution in [0.1, 0.15) is 18.9 Å². The first kappa shape index (κ1) is 18.3. The lowest BCUT2D eigenvalue weighted by Gasteiger charge is -2.13. The van der Waals surface area contributed by atoms with Gasteiger partial charge in [-0.15, -0.1) is 0 Å². The molecule has 3 rings (SSSR count). The van der Waals surface area contributed by atoms with Gasteiger partial charge in [0.05, 0.1) is 28.6 Å². The zero-order chi connectivity index (χ0) is 19.4. The molecular formula is C20H20N4O3. The average molecular weight is 364 g/mol. The molecule has 0 spiro atoms. The summed E-state index contributed by atoms with van der Waals surface area (Å²) in [5.41, 5.74) is 2.46.